The molecule has 26 heavy (non-hydrogen) atoms. The fourth-order valence-electron chi connectivity index (χ4n) is 2.27. The lowest BCUT2D eigenvalue weighted by Crippen LogP contribution is -2.20. The zero-order valence-electron chi connectivity index (χ0n) is 14.1. The van der Waals surface area contributed by atoms with Crippen LogP contribution in [0.5, 0.6) is 5.75 Å². The minimum atomic E-state index is 0.415. The van der Waals surface area contributed by atoms with Crippen molar-refractivity contribution in [1.29, 1.82) is 0 Å². The molecule has 0 spiro atoms. The first-order valence-corrected chi connectivity index (χ1v) is 8.86. The summed E-state index contributed by atoms with van der Waals surface area (Å²) in [6.45, 7) is 3.19. The first-order valence-electron chi connectivity index (χ1n) is 8.07. The van der Waals surface area contributed by atoms with E-state index in [1.54, 1.807) is 11.0 Å². The van der Waals surface area contributed by atoms with E-state index < -0.39 is 0 Å². The van der Waals surface area contributed by atoms with Crippen molar-refractivity contribution in [1.82, 2.24) is 14.8 Å². The molecule has 0 fully saturated rings. The van der Waals surface area contributed by atoms with Gasteiger partial charge in [-0.15, -0.1) is 5.10 Å². The number of rotatable bonds is 6. The molecule has 2 N–H and O–H groups in total. The zero-order chi connectivity index (χ0) is 18.4. The summed E-state index contributed by atoms with van der Waals surface area (Å²) in [6, 6.07) is 15.2. The third-order valence-electron chi connectivity index (χ3n) is 3.44. The molecule has 0 aliphatic carbocycles. The van der Waals surface area contributed by atoms with Crippen LogP contribution in [0.2, 0.25) is 5.02 Å². The van der Waals surface area contributed by atoms with Gasteiger partial charge in [0.1, 0.15) is 12.1 Å². The highest BCUT2D eigenvalue weighted by Crippen LogP contribution is 2.16. The van der Waals surface area contributed by atoms with E-state index in [1.165, 1.54) is 0 Å². The Kier molecular flexibility index (Phi) is 6.04. The van der Waals surface area contributed by atoms with E-state index >= 15 is 0 Å². The SMILES string of the molecule is CCOc1ccc(NC(=S)Nc2ncn(Cc3ccc(Cl)cc3)n2)cc1. The van der Waals surface area contributed by atoms with Gasteiger partial charge in [0.05, 0.1) is 13.2 Å². The molecule has 0 amide bonds. The van der Waals surface area contributed by atoms with Gasteiger partial charge in [0.2, 0.25) is 5.95 Å². The van der Waals surface area contributed by atoms with Crippen LogP contribution in [0.4, 0.5) is 11.6 Å². The third-order valence-corrected chi connectivity index (χ3v) is 3.90. The lowest BCUT2D eigenvalue weighted by molar-refractivity contribution is 0.340. The second kappa shape index (κ2) is 8.64. The highest BCUT2D eigenvalue weighted by atomic mass is 35.5. The molecular weight excluding hydrogens is 370 g/mol. The number of hydrogen-bond acceptors (Lipinski definition) is 4. The van der Waals surface area contributed by atoms with Crippen LogP contribution >= 0.6 is 23.8 Å². The third kappa shape index (κ3) is 5.18. The number of halogens is 1. The predicted molar refractivity (Wildman–Crippen MR) is 108 cm³/mol. The molecule has 0 unspecified atom stereocenters. The largest absolute Gasteiger partial charge is 0.494 e. The number of benzene rings is 2. The van der Waals surface area contributed by atoms with Gasteiger partial charge in [0.15, 0.2) is 5.11 Å². The molecule has 134 valence electrons. The Labute approximate surface area is 162 Å². The minimum absolute atomic E-state index is 0.415. The van der Waals surface area contributed by atoms with Crippen molar-refractivity contribution in [2.75, 3.05) is 17.2 Å². The van der Waals surface area contributed by atoms with Crippen molar-refractivity contribution in [2.45, 2.75) is 13.5 Å². The van der Waals surface area contributed by atoms with E-state index in [0.29, 0.717) is 29.2 Å². The summed E-state index contributed by atoms with van der Waals surface area (Å²) in [4.78, 5) is 4.22. The van der Waals surface area contributed by atoms with Crippen molar-refractivity contribution in [3.8, 4) is 5.75 Å². The van der Waals surface area contributed by atoms with Crippen LogP contribution in [0, 0.1) is 0 Å². The summed E-state index contributed by atoms with van der Waals surface area (Å²) in [6.07, 6.45) is 1.65. The van der Waals surface area contributed by atoms with E-state index in [9.17, 15) is 0 Å². The van der Waals surface area contributed by atoms with Gasteiger partial charge in [0.25, 0.3) is 0 Å². The smallest absolute Gasteiger partial charge is 0.248 e. The average molecular weight is 388 g/mol. The Bertz CT molecular complexity index is 864. The van der Waals surface area contributed by atoms with Crippen molar-refractivity contribution in [3.63, 3.8) is 0 Å². The van der Waals surface area contributed by atoms with Crippen LogP contribution in [-0.2, 0) is 6.54 Å². The average Bonchev–Trinajstić information content (AvgIpc) is 3.05. The Balaban J connectivity index is 1.54. The molecule has 8 heteroatoms. The molecule has 0 radical (unpaired) electrons. The first kappa shape index (κ1) is 18.2. The van der Waals surface area contributed by atoms with E-state index in [-0.39, 0.29) is 0 Å². The van der Waals surface area contributed by atoms with Gasteiger partial charge in [-0.05, 0) is 61.1 Å². The van der Waals surface area contributed by atoms with E-state index in [4.69, 9.17) is 28.6 Å². The molecule has 0 bridgehead atoms. The summed E-state index contributed by atoms with van der Waals surface area (Å²) < 4.78 is 7.14. The quantitative estimate of drug-likeness (QED) is 0.618. The lowest BCUT2D eigenvalue weighted by atomic mass is 10.2. The summed E-state index contributed by atoms with van der Waals surface area (Å²) in [7, 11) is 0. The van der Waals surface area contributed by atoms with Crippen molar-refractivity contribution >= 4 is 40.6 Å². The Morgan fingerprint density at radius 3 is 2.54 bits per heavy atom. The number of aromatic nitrogens is 3. The van der Waals surface area contributed by atoms with Crippen LogP contribution in [-0.4, -0.2) is 26.5 Å². The maximum absolute atomic E-state index is 5.89. The molecule has 0 atom stereocenters. The number of nitrogens with one attached hydrogen (secondary N) is 2. The van der Waals surface area contributed by atoms with Crippen molar-refractivity contribution in [2.24, 2.45) is 0 Å². The van der Waals surface area contributed by atoms with Gasteiger partial charge in [-0.3, -0.25) is 5.32 Å². The van der Waals surface area contributed by atoms with E-state index in [1.807, 2.05) is 55.5 Å². The molecule has 1 aromatic heterocycles. The standard InChI is InChI=1S/C18H18ClN5OS/c1-2-25-16-9-7-15(8-10-16)21-18(26)22-17-20-12-24(23-17)11-13-3-5-14(19)6-4-13/h3-10,12H,2,11H2,1H3,(H2,21,22,23,26). The van der Waals surface area contributed by atoms with Crippen molar-refractivity contribution in [3.05, 3.63) is 65.4 Å². The highest BCUT2D eigenvalue weighted by Gasteiger charge is 2.05. The molecule has 0 aliphatic heterocycles. The molecule has 1 heterocycles. The molecule has 6 nitrogen and oxygen atoms in total. The van der Waals surface area contributed by atoms with Gasteiger partial charge >= 0.3 is 0 Å². The van der Waals surface area contributed by atoms with Gasteiger partial charge in [-0.1, -0.05) is 23.7 Å². The van der Waals surface area contributed by atoms with Crippen molar-refractivity contribution < 1.29 is 4.74 Å². The second-order valence-corrected chi connectivity index (χ2v) is 6.27. The number of anilines is 2. The number of hydrogen-bond donors (Lipinski definition) is 2. The first-order chi connectivity index (χ1) is 12.6. The molecule has 0 saturated carbocycles. The van der Waals surface area contributed by atoms with Crippen LogP contribution < -0.4 is 15.4 Å². The maximum atomic E-state index is 5.89. The zero-order valence-corrected chi connectivity index (χ0v) is 15.7. The molecule has 0 aliphatic rings. The molecule has 3 aromatic rings. The molecule has 3 rings (SSSR count). The lowest BCUT2D eigenvalue weighted by Gasteiger charge is -2.09. The molecule has 0 saturated heterocycles. The van der Waals surface area contributed by atoms with Gasteiger partial charge in [0, 0.05) is 10.7 Å². The number of nitrogens with zero attached hydrogens (tertiary/aromatic N) is 3. The summed E-state index contributed by atoms with van der Waals surface area (Å²) in [5.74, 6) is 1.25. The molecular formula is C18H18ClN5OS. The minimum Gasteiger partial charge on any atom is -0.494 e. The maximum Gasteiger partial charge on any atom is 0.248 e. The van der Waals surface area contributed by atoms with Gasteiger partial charge < -0.3 is 10.1 Å². The van der Waals surface area contributed by atoms with E-state index in [0.717, 1.165) is 17.0 Å². The van der Waals surface area contributed by atoms with Crippen LogP contribution in [0.15, 0.2) is 54.9 Å². The number of ether oxygens (including phenoxy) is 1. The summed E-state index contributed by atoms with van der Waals surface area (Å²) >= 11 is 11.2. The molecule has 2 aromatic carbocycles. The Morgan fingerprint density at radius 1 is 1.12 bits per heavy atom. The number of thiocarbonyl (C=S) groups is 1. The Morgan fingerprint density at radius 2 is 1.85 bits per heavy atom. The topological polar surface area (TPSA) is 64.0 Å². The van der Waals surface area contributed by atoms with E-state index in [2.05, 4.69) is 20.7 Å². The Hall–Kier alpha value is -2.64. The van der Waals surface area contributed by atoms with Crippen LogP contribution in [0.3, 0.4) is 0 Å². The monoisotopic (exact) mass is 387 g/mol. The highest BCUT2D eigenvalue weighted by molar-refractivity contribution is 7.80. The second-order valence-electron chi connectivity index (χ2n) is 5.43. The fourth-order valence-corrected chi connectivity index (χ4v) is 2.61. The normalized spacial score (nSPS) is 10.4. The fraction of sp³-hybridized carbons (Fsp3) is 0.167. The van der Waals surface area contributed by atoms with Crippen LogP contribution in [0.25, 0.3) is 0 Å². The predicted octanol–water partition coefficient (Wildman–Crippen LogP) is 4.19. The van der Waals surface area contributed by atoms with Gasteiger partial charge in [-0.25, -0.2) is 9.67 Å². The summed E-state index contributed by atoms with van der Waals surface area (Å²) in [5.41, 5.74) is 1.94. The summed E-state index contributed by atoms with van der Waals surface area (Å²) in [5, 5.41) is 11.5. The van der Waals surface area contributed by atoms with Crippen LogP contribution in [0.1, 0.15) is 12.5 Å². The van der Waals surface area contributed by atoms with Gasteiger partial charge in [-0.2, -0.15) is 0 Å².